The number of ether oxygens (including phenoxy) is 3. The van der Waals surface area contributed by atoms with Crippen molar-refractivity contribution in [3.05, 3.63) is 17.7 Å². The highest BCUT2D eigenvalue weighted by Crippen LogP contribution is 2.38. The Morgan fingerprint density at radius 3 is 2.10 bits per heavy atom. The van der Waals surface area contributed by atoms with Crippen molar-refractivity contribution in [3.8, 4) is 17.2 Å². The lowest BCUT2D eigenvalue weighted by Gasteiger charge is -2.15. The largest absolute Gasteiger partial charge is 0.493 e. The van der Waals surface area contributed by atoms with Gasteiger partial charge in [0.15, 0.2) is 11.5 Å². The molecule has 0 heterocycles. The molecule has 6 nitrogen and oxygen atoms in total. The van der Waals surface area contributed by atoms with Crippen molar-refractivity contribution in [2.24, 2.45) is 0 Å². The number of methoxy groups -OCH3 is 3. The lowest BCUT2D eigenvalue weighted by molar-refractivity contribution is -0.122. The minimum Gasteiger partial charge on any atom is -0.493 e. The molecule has 1 aromatic carbocycles. The molecule has 1 rings (SSSR count). The molecule has 20 heavy (non-hydrogen) atoms. The Hall–Kier alpha value is -1.95. The Morgan fingerprint density at radius 2 is 1.70 bits per heavy atom. The summed E-state index contributed by atoms with van der Waals surface area (Å²) in [6, 6.07) is 3.38. The number of nitrogens with one attached hydrogen (secondary N) is 2. The van der Waals surface area contributed by atoms with Crippen molar-refractivity contribution in [2.75, 3.05) is 28.4 Å². The van der Waals surface area contributed by atoms with Gasteiger partial charge in [0, 0.05) is 6.54 Å². The van der Waals surface area contributed by atoms with Crippen LogP contribution < -0.4 is 24.8 Å². The zero-order valence-corrected chi connectivity index (χ0v) is 12.6. The van der Waals surface area contributed by atoms with Gasteiger partial charge in [0.25, 0.3) is 0 Å². The molecule has 0 aliphatic carbocycles. The van der Waals surface area contributed by atoms with Crippen molar-refractivity contribution in [1.29, 1.82) is 0 Å². The van der Waals surface area contributed by atoms with E-state index >= 15 is 0 Å². The van der Waals surface area contributed by atoms with E-state index in [0.29, 0.717) is 23.8 Å². The van der Waals surface area contributed by atoms with Crippen LogP contribution in [-0.4, -0.2) is 40.3 Å². The predicted molar refractivity (Wildman–Crippen MR) is 76.5 cm³/mol. The zero-order valence-electron chi connectivity index (χ0n) is 12.6. The standard InChI is InChI=1S/C14H22N2O4/c1-9(15-2)14(17)16-8-10-6-11(18-3)13(20-5)12(7-10)19-4/h6-7,9,15H,8H2,1-5H3,(H,16,17). The third-order valence-corrected chi connectivity index (χ3v) is 3.02. The Balaban J connectivity index is 2.88. The van der Waals surface area contributed by atoms with E-state index in [-0.39, 0.29) is 11.9 Å². The molecule has 0 radical (unpaired) electrons. The first-order valence-electron chi connectivity index (χ1n) is 6.31. The minimum atomic E-state index is -0.239. The molecule has 112 valence electrons. The van der Waals surface area contributed by atoms with E-state index in [2.05, 4.69) is 10.6 Å². The smallest absolute Gasteiger partial charge is 0.237 e. The number of rotatable bonds is 7. The fraction of sp³-hybridized carbons (Fsp3) is 0.500. The van der Waals surface area contributed by atoms with Crippen molar-refractivity contribution in [1.82, 2.24) is 10.6 Å². The van der Waals surface area contributed by atoms with Gasteiger partial charge >= 0.3 is 0 Å². The van der Waals surface area contributed by atoms with Crippen LogP contribution in [0.5, 0.6) is 17.2 Å². The molecule has 0 fully saturated rings. The summed E-state index contributed by atoms with van der Waals surface area (Å²) in [6.45, 7) is 2.19. The molecule has 1 unspecified atom stereocenters. The van der Waals surface area contributed by atoms with Crippen LogP contribution in [0.4, 0.5) is 0 Å². The first-order chi connectivity index (χ1) is 9.57. The molecule has 0 aliphatic heterocycles. The van der Waals surface area contributed by atoms with Crippen molar-refractivity contribution >= 4 is 5.91 Å². The van der Waals surface area contributed by atoms with Gasteiger partial charge in [-0.15, -0.1) is 0 Å². The van der Waals surface area contributed by atoms with Crippen LogP contribution in [0.25, 0.3) is 0 Å². The molecule has 6 heteroatoms. The predicted octanol–water partition coefficient (Wildman–Crippen LogP) is 0.936. The molecule has 1 aromatic rings. The van der Waals surface area contributed by atoms with Crippen LogP contribution >= 0.6 is 0 Å². The molecule has 1 atom stereocenters. The Labute approximate surface area is 119 Å². The molecular weight excluding hydrogens is 260 g/mol. The van der Waals surface area contributed by atoms with E-state index in [0.717, 1.165) is 5.56 Å². The fourth-order valence-corrected chi connectivity index (χ4v) is 1.71. The molecule has 0 saturated heterocycles. The van der Waals surface area contributed by atoms with Gasteiger partial charge in [-0.2, -0.15) is 0 Å². The minimum absolute atomic E-state index is 0.0683. The molecule has 0 bridgehead atoms. The van der Waals surface area contributed by atoms with E-state index < -0.39 is 0 Å². The third kappa shape index (κ3) is 3.77. The highest BCUT2D eigenvalue weighted by Gasteiger charge is 2.14. The lowest BCUT2D eigenvalue weighted by Crippen LogP contribution is -2.39. The van der Waals surface area contributed by atoms with E-state index in [1.54, 1.807) is 35.3 Å². The number of hydrogen-bond acceptors (Lipinski definition) is 5. The molecule has 0 aliphatic rings. The van der Waals surface area contributed by atoms with Crippen molar-refractivity contribution in [3.63, 3.8) is 0 Å². The highest BCUT2D eigenvalue weighted by atomic mass is 16.5. The van der Waals surface area contributed by atoms with Gasteiger partial charge in [-0.05, 0) is 31.7 Å². The number of carbonyl (C=O) groups is 1. The highest BCUT2D eigenvalue weighted by molar-refractivity contribution is 5.81. The van der Waals surface area contributed by atoms with Gasteiger partial charge in [-0.25, -0.2) is 0 Å². The molecule has 1 amide bonds. The average Bonchev–Trinajstić information content (AvgIpc) is 2.50. The first kappa shape index (κ1) is 16.1. The number of hydrogen-bond donors (Lipinski definition) is 2. The summed E-state index contributed by atoms with van der Waals surface area (Å²) in [6.07, 6.45) is 0. The molecular formula is C14H22N2O4. The first-order valence-corrected chi connectivity index (χ1v) is 6.31. The SMILES string of the molecule is CNC(C)C(=O)NCc1cc(OC)c(OC)c(OC)c1. The summed E-state index contributed by atoms with van der Waals surface area (Å²) in [5, 5.41) is 5.72. The Kier molecular flexibility index (Phi) is 6.11. The van der Waals surface area contributed by atoms with E-state index in [1.165, 1.54) is 0 Å². The molecule has 0 aromatic heterocycles. The second-order valence-electron chi connectivity index (χ2n) is 4.26. The summed E-state index contributed by atoms with van der Waals surface area (Å²) in [5.41, 5.74) is 0.871. The van der Waals surface area contributed by atoms with Crippen molar-refractivity contribution in [2.45, 2.75) is 19.5 Å². The van der Waals surface area contributed by atoms with Crippen molar-refractivity contribution < 1.29 is 19.0 Å². The summed E-state index contributed by atoms with van der Waals surface area (Å²) >= 11 is 0. The van der Waals surface area contributed by atoms with Gasteiger partial charge in [-0.3, -0.25) is 4.79 Å². The monoisotopic (exact) mass is 282 g/mol. The van der Waals surface area contributed by atoms with Gasteiger partial charge in [0.05, 0.1) is 27.4 Å². The maximum atomic E-state index is 11.7. The summed E-state index contributed by atoms with van der Waals surface area (Å²) in [7, 11) is 6.41. The Bertz CT molecular complexity index is 437. The summed E-state index contributed by atoms with van der Waals surface area (Å²) in [4.78, 5) is 11.7. The second-order valence-corrected chi connectivity index (χ2v) is 4.26. The van der Waals surface area contributed by atoms with Crippen LogP contribution in [0.3, 0.4) is 0 Å². The van der Waals surface area contributed by atoms with Crippen LogP contribution in [-0.2, 0) is 11.3 Å². The second kappa shape index (κ2) is 7.59. The average molecular weight is 282 g/mol. The van der Waals surface area contributed by atoms with Gasteiger partial charge in [-0.1, -0.05) is 0 Å². The van der Waals surface area contributed by atoms with E-state index in [9.17, 15) is 4.79 Å². The van der Waals surface area contributed by atoms with Crippen LogP contribution in [0.1, 0.15) is 12.5 Å². The fourth-order valence-electron chi connectivity index (χ4n) is 1.71. The van der Waals surface area contributed by atoms with E-state index in [1.807, 2.05) is 12.1 Å². The number of carbonyl (C=O) groups excluding carboxylic acids is 1. The summed E-state index contributed by atoms with van der Waals surface area (Å²) < 4.78 is 15.8. The van der Waals surface area contributed by atoms with E-state index in [4.69, 9.17) is 14.2 Å². The molecule has 0 spiro atoms. The topological polar surface area (TPSA) is 68.8 Å². The zero-order chi connectivity index (χ0) is 15.1. The number of likely N-dealkylation sites (N-methyl/N-ethyl adjacent to an activating group) is 1. The van der Waals surface area contributed by atoms with Gasteiger partial charge in [0.1, 0.15) is 0 Å². The number of benzene rings is 1. The van der Waals surface area contributed by atoms with Gasteiger partial charge in [0.2, 0.25) is 11.7 Å². The lowest BCUT2D eigenvalue weighted by atomic mass is 10.1. The van der Waals surface area contributed by atoms with Gasteiger partial charge < -0.3 is 24.8 Å². The maximum Gasteiger partial charge on any atom is 0.237 e. The quantitative estimate of drug-likeness (QED) is 0.779. The van der Waals surface area contributed by atoms with Crippen LogP contribution in [0.2, 0.25) is 0 Å². The normalized spacial score (nSPS) is 11.7. The molecule has 2 N–H and O–H groups in total. The van der Waals surface area contributed by atoms with Crippen LogP contribution in [0.15, 0.2) is 12.1 Å². The van der Waals surface area contributed by atoms with Crippen LogP contribution in [0, 0.1) is 0 Å². The summed E-state index contributed by atoms with van der Waals surface area (Å²) in [5.74, 6) is 1.60. The maximum absolute atomic E-state index is 11.7. The Morgan fingerprint density at radius 1 is 1.15 bits per heavy atom. The molecule has 0 saturated carbocycles. The number of amides is 1. The third-order valence-electron chi connectivity index (χ3n) is 3.02.